The normalized spacial score (nSPS) is 14.5. The Morgan fingerprint density at radius 1 is 1.56 bits per heavy atom. The van der Waals surface area contributed by atoms with Crippen LogP contribution in [0.2, 0.25) is 0 Å². The Balaban J connectivity index is 2.37. The molecule has 0 aromatic carbocycles. The number of carbonyl (C=O) groups is 1. The number of carboxylic acid groups (broad SMARTS) is 1. The van der Waals surface area contributed by atoms with E-state index < -0.39 is 10.9 Å². The second kappa shape index (κ2) is 3.76. The molecule has 1 N–H and O–H groups in total. The third kappa shape index (κ3) is 2.08. The summed E-state index contributed by atoms with van der Waals surface area (Å²) in [4.78, 5) is 24.3. The zero-order chi connectivity index (χ0) is 11.7. The molecule has 0 bridgehead atoms. The Labute approximate surface area is 89.8 Å². The van der Waals surface area contributed by atoms with Crippen LogP contribution < -0.4 is 4.74 Å². The minimum Gasteiger partial charge on any atom is -0.477 e. The van der Waals surface area contributed by atoms with Crippen LogP contribution in [0.5, 0.6) is 5.88 Å². The van der Waals surface area contributed by atoms with Crippen LogP contribution in [0, 0.1) is 10.1 Å². The van der Waals surface area contributed by atoms with Gasteiger partial charge in [0.05, 0.1) is 4.92 Å². The monoisotopic (exact) mass is 224 g/mol. The maximum absolute atomic E-state index is 10.6. The lowest BCUT2D eigenvalue weighted by molar-refractivity contribution is -0.386. The average Bonchev–Trinajstić information content (AvgIpc) is 3.01. The Hall–Kier alpha value is -2.18. The quantitative estimate of drug-likeness (QED) is 0.609. The minimum absolute atomic E-state index is 0.0738. The molecule has 2 rings (SSSR count). The molecule has 0 saturated heterocycles. The van der Waals surface area contributed by atoms with E-state index in [2.05, 4.69) is 4.98 Å². The lowest BCUT2D eigenvalue weighted by atomic mass is 10.3. The molecule has 1 aromatic rings. The predicted octanol–water partition coefficient (Wildman–Crippen LogP) is 1.23. The van der Waals surface area contributed by atoms with Crippen molar-refractivity contribution in [3.05, 3.63) is 27.9 Å². The van der Waals surface area contributed by atoms with Gasteiger partial charge in [-0.3, -0.25) is 10.1 Å². The minimum atomic E-state index is -1.24. The number of rotatable bonds is 4. The highest BCUT2D eigenvalue weighted by atomic mass is 16.6. The van der Waals surface area contributed by atoms with E-state index in [9.17, 15) is 14.9 Å². The van der Waals surface area contributed by atoms with Gasteiger partial charge in [-0.25, -0.2) is 9.78 Å². The van der Waals surface area contributed by atoms with Gasteiger partial charge in [0.15, 0.2) is 5.69 Å². The SMILES string of the molecule is O=C(O)c1ccc([N+](=O)[O-])c(OC2CC2)n1. The molecular weight excluding hydrogens is 216 g/mol. The van der Waals surface area contributed by atoms with Crippen LogP contribution in [0.25, 0.3) is 0 Å². The number of carboxylic acids is 1. The molecule has 0 aliphatic heterocycles. The third-order valence-corrected chi connectivity index (χ3v) is 2.06. The number of hydrogen-bond donors (Lipinski definition) is 1. The van der Waals surface area contributed by atoms with Crippen molar-refractivity contribution in [3.8, 4) is 5.88 Å². The van der Waals surface area contributed by atoms with Crippen molar-refractivity contribution in [1.82, 2.24) is 4.98 Å². The van der Waals surface area contributed by atoms with Crippen molar-refractivity contribution in [2.45, 2.75) is 18.9 Å². The molecular formula is C9H8N2O5. The van der Waals surface area contributed by atoms with Gasteiger partial charge in [-0.2, -0.15) is 0 Å². The van der Waals surface area contributed by atoms with Crippen LogP contribution in [0.15, 0.2) is 12.1 Å². The summed E-state index contributed by atoms with van der Waals surface area (Å²) < 4.78 is 5.19. The van der Waals surface area contributed by atoms with Gasteiger partial charge in [-0.05, 0) is 18.9 Å². The topological polar surface area (TPSA) is 103 Å². The van der Waals surface area contributed by atoms with E-state index >= 15 is 0 Å². The molecule has 0 unspecified atom stereocenters. The third-order valence-electron chi connectivity index (χ3n) is 2.06. The van der Waals surface area contributed by atoms with Gasteiger partial charge in [-0.1, -0.05) is 0 Å². The van der Waals surface area contributed by atoms with Gasteiger partial charge in [0, 0.05) is 6.07 Å². The summed E-state index contributed by atoms with van der Waals surface area (Å²) in [5.74, 6) is -1.46. The van der Waals surface area contributed by atoms with E-state index in [1.54, 1.807) is 0 Å². The van der Waals surface area contributed by atoms with E-state index in [1.165, 1.54) is 0 Å². The molecule has 84 valence electrons. The van der Waals surface area contributed by atoms with E-state index in [0.717, 1.165) is 25.0 Å². The Kier molecular flexibility index (Phi) is 2.43. The Bertz CT molecular complexity index is 455. The van der Waals surface area contributed by atoms with Gasteiger partial charge in [0.2, 0.25) is 0 Å². The lowest BCUT2D eigenvalue weighted by Gasteiger charge is -2.04. The largest absolute Gasteiger partial charge is 0.477 e. The average molecular weight is 224 g/mol. The first-order chi connectivity index (χ1) is 7.58. The maximum atomic E-state index is 10.6. The number of nitro groups is 1. The molecule has 1 aromatic heterocycles. The number of pyridine rings is 1. The molecule has 1 saturated carbocycles. The first-order valence-corrected chi connectivity index (χ1v) is 4.63. The molecule has 1 fully saturated rings. The zero-order valence-electron chi connectivity index (χ0n) is 8.12. The summed E-state index contributed by atoms with van der Waals surface area (Å²) in [5, 5.41) is 19.3. The van der Waals surface area contributed by atoms with Crippen LogP contribution in [-0.4, -0.2) is 27.1 Å². The van der Waals surface area contributed by atoms with Gasteiger partial charge >= 0.3 is 11.7 Å². The van der Waals surface area contributed by atoms with Crippen molar-refractivity contribution < 1.29 is 19.6 Å². The van der Waals surface area contributed by atoms with Crippen LogP contribution in [-0.2, 0) is 0 Å². The molecule has 1 heterocycles. The van der Waals surface area contributed by atoms with Crippen molar-refractivity contribution in [2.75, 3.05) is 0 Å². The van der Waals surface area contributed by atoms with Crippen LogP contribution in [0.4, 0.5) is 5.69 Å². The van der Waals surface area contributed by atoms with Crippen molar-refractivity contribution in [3.63, 3.8) is 0 Å². The smallest absolute Gasteiger partial charge is 0.354 e. The van der Waals surface area contributed by atoms with E-state index in [0.29, 0.717) is 0 Å². The summed E-state index contributed by atoms with van der Waals surface area (Å²) in [6.07, 6.45) is 1.56. The summed E-state index contributed by atoms with van der Waals surface area (Å²) >= 11 is 0. The molecule has 7 nitrogen and oxygen atoms in total. The Morgan fingerprint density at radius 3 is 2.75 bits per heavy atom. The van der Waals surface area contributed by atoms with Crippen molar-refractivity contribution in [1.29, 1.82) is 0 Å². The standard InChI is InChI=1S/C9H8N2O5/c12-9(13)6-3-4-7(11(14)15)8(10-6)16-5-1-2-5/h3-5H,1-2H2,(H,12,13). The highest BCUT2D eigenvalue weighted by Gasteiger charge is 2.29. The van der Waals surface area contributed by atoms with E-state index in [-0.39, 0.29) is 23.4 Å². The van der Waals surface area contributed by atoms with Crippen molar-refractivity contribution >= 4 is 11.7 Å². The highest BCUT2D eigenvalue weighted by Crippen LogP contribution is 2.31. The summed E-state index contributed by atoms with van der Waals surface area (Å²) in [6, 6.07) is 2.17. The zero-order valence-corrected chi connectivity index (χ0v) is 8.12. The summed E-state index contributed by atoms with van der Waals surface area (Å²) in [7, 11) is 0. The second-order valence-corrected chi connectivity index (χ2v) is 3.40. The Morgan fingerprint density at radius 2 is 2.25 bits per heavy atom. The number of aromatic carboxylic acids is 1. The molecule has 1 aliphatic carbocycles. The molecule has 1 aliphatic rings. The highest BCUT2D eigenvalue weighted by molar-refractivity contribution is 5.85. The van der Waals surface area contributed by atoms with Gasteiger partial charge in [-0.15, -0.1) is 0 Å². The van der Waals surface area contributed by atoms with Gasteiger partial charge < -0.3 is 9.84 Å². The fraction of sp³-hybridized carbons (Fsp3) is 0.333. The number of ether oxygens (including phenoxy) is 1. The van der Waals surface area contributed by atoms with Gasteiger partial charge in [0.25, 0.3) is 5.88 Å². The molecule has 0 spiro atoms. The predicted molar refractivity (Wildman–Crippen MR) is 51.5 cm³/mol. The molecule has 0 radical (unpaired) electrons. The number of nitrogens with zero attached hydrogens (tertiary/aromatic N) is 2. The van der Waals surface area contributed by atoms with Crippen LogP contribution >= 0.6 is 0 Å². The molecule has 0 amide bonds. The maximum Gasteiger partial charge on any atom is 0.354 e. The first kappa shape index (κ1) is 10.3. The molecule has 0 atom stereocenters. The van der Waals surface area contributed by atoms with E-state index in [4.69, 9.17) is 9.84 Å². The van der Waals surface area contributed by atoms with Crippen molar-refractivity contribution in [2.24, 2.45) is 0 Å². The molecule has 7 heteroatoms. The summed E-state index contributed by atoms with van der Waals surface area (Å²) in [6.45, 7) is 0. The van der Waals surface area contributed by atoms with Crippen LogP contribution in [0.1, 0.15) is 23.3 Å². The second-order valence-electron chi connectivity index (χ2n) is 3.40. The number of aromatic nitrogens is 1. The molecule has 16 heavy (non-hydrogen) atoms. The van der Waals surface area contributed by atoms with E-state index in [1.807, 2.05) is 0 Å². The fourth-order valence-corrected chi connectivity index (χ4v) is 1.12. The summed E-state index contributed by atoms with van der Waals surface area (Å²) in [5.41, 5.74) is -0.571. The fourth-order valence-electron chi connectivity index (χ4n) is 1.12. The van der Waals surface area contributed by atoms with Crippen LogP contribution in [0.3, 0.4) is 0 Å². The first-order valence-electron chi connectivity index (χ1n) is 4.63. The van der Waals surface area contributed by atoms with Gasteiger partial charge in [0.1, 0.15) is 6.10 Å². The number of hydrogen-bond acceptors (Lipinski definition) is 5. The lowest BCUT2D eigenvalue weighted by Crippen LogP contribution is -2.07.